The van der Waals surface area contributed by atoms with E-state index in [9.17, 15) is 13.2 Å². The van der Waals surface area contributed by atoms with Crippen LogP contribution in [-0.4, -0.2) is 31.5 Å². The van der Waals surface area contributed by atoms with Crippen LogP contribution in [0.3, 0.4) is 0 Å². The molecule has 1 heterocycles. The predicted molar refractivity (Wildman–Crippen MR) is 56.3 cm³/mol. The summed E-state index contributed by atoms with van der Waals surface area (Å²) < 4.78 is 41.1. The number of halogens is 3. The third kappa shape index (κ3) is 6.33. The number of hydrogen-bond acceptors (Lipinski definition) is 2. The first-order chi connectivity index (χ1) is 7.47. The Labute approximate surface area is 94.5 Å². The Morgan fingerprint density at radius 1 is 1.44 bits per heavy atom. The summed E-state index contributed by atoms with van der Waals surface area (Å²) in [6.07, 6.45) is -1.84. The minimum absolute atomic E-state index is 0.133. The summed E-state index contributed by atoms with van der Waals surface area (Å²) in [5.74, 6) is 0. The molecule has 0 saturated carbocycles. The minimum Gasteiger partial charge on any atom is -0.380 e. The van der Waals surface area contributed by atoms with Gasteiger partial charge in [0.15, 0.2) is 0 Å². The van der Waals surface area contributed by atoms with Crippen molar-refractivity contribution >= 4 is 0 Å². The molecule has 0 aromatic rings. The second-order valence-corrected chi connectivity index (χ2v) is 4.49. The van der Waals surface area contributed by atoms with Gasteiger partial charge in [0.1, 0.15) is 0 Å². The molecule has 1 N–H and O–H groups in total. The SMILES string of the molecule is CC(CCCC(F)(F)F)NC1CCCOC1. The average Bonchev–Trinajstić information content (AvgIpc) is 2.17. The summed E-state index contributed by atoms with van der Waals surface area (Å²) in [4.78, 5) is 0. The fourth-order valence-corrected chi connectivity index (χ4v) is 1.97. The van der Waals surface area contributed by atoms with Crippen molar-refractivity contribution in [1.29, 1.82) is 0 Å². The van der Waals surface area contributed by atoms with Crippen LogP contribution >= 0.6 is 0 Å². The Bertz CT molecular complexity index is 190. The molecule has 0 aromatic heterocycles. The molecule has 2 atom stereocenters. The van der Waals surface area contributed by atoms with Gasteiger partial charge < -0.3 is 10.1 Å². The second-order valence-electron chi connectivity index (χ2n) is 4.49. The molecule has 0 radical (unpaired) electrons. The molecule has 1 fully saturated rings. The summed E-state index contributed by atoms with van der Waals surface area (Å²) in [5.41, 5.74) is 0. The van der Waals surface area contributed by atoms with Crippen molar-refractivity contribution in [3.8, 4) is 0 Å². The van der Waals surface area contributed by atoms with Crippen molar-refractivity contribution in [2.24, 2.45) is 0 Å². The van der Waals surface area contributed by atoms with Crippen molar-refractivity contribution in [3.63, 3.8) is 0 Å². The topological polar surface area (TPSA) is 21.3 Å². The summed E-state index contributed by atoms with van der Waals surface area (Å²) in [7, 11) is 0. The van der Waals surface area contributed by atoms with Gasteiger partial charge >= 0.3 is 6.18 Å². The first-order valence-corrected chi connectivity index (χ1v) is 5.88. The smallest absolute Gasteiger partial charge is 0.380 e. The zero-order chi connectivity index (χ0) is 12.0. The quantitative estimate of drug-likeness (QED) is 0.796. The molecule has 5 heteroatoms. The maximum atomic E-state index is 11.9. The maximum Gasteiger partial charge on any atom is 0.389 e. The van der Waals surface area contributed by atoms with E-state index in [1.54, 1.807) is 0 Å². The van der Waals surface area contributed by atoms with Gasteiger partial charge in [0.25, 0.3) is 0 Å². The van der Waals surface area contributed by atoms with E-state index in [4.69, 9.17) is 4.74 Å². The van der Waals surface area contributed by atoms with Crippen LogP contribution < -0.4 is 5.32 Å². The van der Waals surface area contributed by atoms with Crippen LogP contribution in [0.2, 0.25) is 0 Å². The van der Waals surface area contributed by atoms with E-state index < -0.39 is 12.6 Å². The van der Waals surface area contributed by atoms with Crippen LogP contribution in [0.5, 0.6) is 0 Å². The Kier molecular flexibility index (Phi) is 5.55. The third-order valence-corrected chi connectivity index (χ3v) is 2.78. The van der Waals surface area contributed by atoms with E-state index >= 15 is 0 Å². The third-order valence-electron chi connectivity index (χ3n) is 2.78. The molecule has 1 aliphatic rings. The number of hydrogen-bond donors (Lipinski definition) is 1. The van der Waals surface area contributed by atoms with Gasteiger partial charge in [-0.05, 0) is 32.6 Å². The zero-order valence-electron chi connectivity index (χ0n) is 9.65. The van der Waals surface area contributed by atoms with E-state index in [0.29, 0.717) is 19.1 Å². The summed E-state index contributed by atoms with van der Waals surface area (Å²) in [6, 6.07) is 0.448. The lowest BCUT2D eigenvalue weighted by molar-refractivity contribution is -0.135. The summed E-state index contributed by atoms with van der Waals surface area (Å²) >= 11 is 0. The van der Waals surface area contributed by atoms with Gasteiger partial charge in [-0.3, -0.25) is 0 Å². The minimum atomic E-state index is -4.02. The van der Waals surface area contributed by atoms with Crippen LogP contribution in [0.15, 0.2) is 0 Å². The molecule has 96 valence electrons. The first kappa shape index (κ1) is 13.8. The Morgan fingerprint density at radius 2 is 2.19 bits per heavy atom. The van der Waals surface area contributed by atoms with E-state index in [-0.39, 0.29) is 12.5 Å². The molecule has 0 spiro atoms. The highest BCUT2D eigenvalue weighted by atomic mass is 19.4. The normalized spacial score (nSPS) is 24.4. The summed E-state index contributed by atoms with van der Waals surface area (Å²) in [5, 5.41) is 3.31. The van der Waals surface area contributed by atoms with E-state index in [1.165, 1.54) is 0 Å². The monoisotopic (exact) mass is 239 g/mol. The van der Waals surface area contributed by atoms with Crippen molar-refractivity contribution < 1.29 is 17.9 Å². The zero-order valence-corrected chi connectivity index (χ0v) is 9.65. The molecule has 0 aromatic carbocycles. The number of ether oxygens (including phenoxy) is 1. The Hall–Kier alpha value is -0.290. The van der Waals surface area contributed by atoms with Crippen LogP contribution in [0, 0.1) is 0 Å². The lowest BCUT2D eigenvalue weighted by atomic mass is 10.1. The van der Waals surface area contributed by atoms with Gasteiger partial charge in [-0.25, -0.2) is 0 Å². The number of rotatable bonds is 5. The van der Waals surface area contributed by atoms with Crippen LogP contribution in [-0.2, 0) is 4.74 Å². The molecule has 2 unspecified atom stereocenters. The van der Waals surface area contributed by atoms with Crippen molar-refractivity contribution in [3.05, 3.63) is 0 Å². The molecular weight excluding hydrogens is 219 g/mol. The lowest BCUT2D eigenvalue weighted by Crippen LogP contribution is -2.41. The summed E-state index contributed by atoms with van der Waals surface area (Å²) in [6.45, 7) is 3.43. The van der Waals surface area contributed by atoms with Gasteiger partial charge in [0, 0.05) is 25.1 Å². The van der Waals surface area contributed by atoms with Gasteiger partial charge in [-0.15, -0.1) is 0 Å². The highest BCUT2D eigenvalue weighted by Gasteiger charge is 2.26. The molecule has 0 amide bonds. The van der Waals surface area contributed by atoms with Crippen molar-refractivity contribution in [2.75, 3.05) is 13.2 Å². The van der Waals surface area contributed by atoms with E-state index in [0.717, 1.165) is 19.4 Å². The number of nitrogens with one attached hydrogen (secondary N) is 1. The molecule has 1 rings (SSSR count). The van der Waals surface area contributed by atoms with Crippen LogP contribution in [0.1, 0.15) is 39.0 Å². The largest absolute Gasteiger partial charge is 0.389 e. The molecule has 1 saturated heterocycles. The lowest BCUT2D eigenvalue weighted by Gasteiger charge is -2.26. The number of alkyl halides is 3. The van der Waals surface area contributed by atoms with Gasteiger partial charge in [-0.2, -0.15) is 13.2 Å². The van der Waals surface area contributed by atoms with Crippen molar-refractivity contribution in [2.45, 2.75) is 57.3 Å². The Morgan fingerprint density at radius 3 is 2.75 bits per heavy atom. The molecule has 16 heavy (non-hydrogen) atoms. The van der Waals surface area contributed by atoms with E-state index in [1.807, 2.05) is 6.92 Å². The highest BCUT2D eigenvalue weighted by molar-refractivity contribution is 4.74. The average molecular weight is 239 g/mol. The van der Waals surface area contributed by atoms with E-state index in [2.05, 4.69) is 5.32 Å². The molecule has 0 bridgehead atoms. The van der Waals surface area contributed by atoms with Gasteiger partial charge in [0.2, 0.25) is 0 Å². The van der Waals surface area contributed by atoms with Gasteiger partial charge in [0.05, 0.1) is 6.61 Å². The first-order valence-electron chi connectivity index (χ1n) is 5.88. The maximum absolute atomic E-state index is 11.9. The van der Waals surface area contributed by atoms with Gasteiger partial charge in [-0.1, -0.05) is 0 Å². The molecule has 1 aliphatic heterocycles. The molecular formula is C11H20F3NO. The fraction of sp³-hybridized carbons (Fsp3) is 1.00. The molecule has 0 aliphatic carbocycles. The van der Waals surface area contributed by atoms with Crippen LogP contribution in [0.4, 0.5) is 13.2 Å². The Balaban J connectivity index is 2.08. The molecule has 2 nitrogen and oxygen atoms in total. The predicted octanol–water partition coefficient (Wildman–Crippen LogP) is 2.88. The second kappa shape index (κ2) is 6.45. The fourth-order valence-electron chi connectivity index (χ4n) is 1.97. The van der Waals surface area contributed by atoms with Crippen molar-refractivity contribution in [1.82, 2.24) is 5.32 Å². The standard InChI is InChI=1S/C11H20F3NO/c1-9(4-2-6-11(12,13)14)15-10-5-3-7-16-8-10/h9-10,15H,2-8H2,1H3. The highest BCUT2D eigenvalue weighted by Crippen LogP contribution is 2.22. The van der Waals surface area contributed by atoms with Crippen LogP contribution in [0.25, 0.3) is 0 Å².